The van der Waals surface area contributed by atoms with Crippen molar-refractivity contribution in [3.63, 3.8) is 0 Å². The van der Waals surface area contributed by atoms with Gasteiger partial charge in [-0.25, -0.2) is 4.79 Å². The van der Waals surface area contributed by atoms with Crippen molar-refractivity contribution < 1.29 is 37.6 Å². The van der Waals surface area contributed by atoms with E-state index in [1.807, 2.05) is 0 Å². The first-order chi connectivity index (χ1) is 7.38. The van der Waals surface area contributed by atoms with Crippen LogP contribution in [-0.4, -0.2) is 43.2 Å². The molecule has 96 valence electrons. The molecule has 1 atom stereocenters. The lowest BCUT2D eigenvalue weighted by molar-refractivity contribution is -0.282. The lowest BCUT2D eigenvalue weighted by Crippen LogP contribution is -2.31. The van der Waals surface area contributed by atoms with Crippen LogP contribution in [0.3, 0.4) is 0 Å². The second kappa shape index (κ2) is 7.42. The van der Waals surface area contributed by atoms with Crippen LogP contribution in [0.2, 0.25) is 0 Å². The largest absolute Gasteiger partial charge is 0.414 e. The third-order valence-corrected chi connectivity index (χ3v) is 1.40. The van der Waals surface area contributed by atoms with Gasteiger partial charge >= 0.3 is 12.1 Å². The second-order valence-corrected chi connectivity index (χ2v) is 2.74. The summed E-state index contributed by atoms with van der Waals surface area (Å²) in [4.78, 5) is 18.9. The van der Waals surface area contributed by atoms with E-state index < -0.39 is 24.7 Å². The zero-order valence-corrected chi connectivity index (χ0v) is 8.62. The van der Waals surface area contributed by atoms with Crippen LogP contribution in [0.4, 0.5) is 13.2 Å². The highest BCUT2D eigenvalue weighted by atomic mass is 19.4. The normalized spacial score (nSPS) is 13.6. The number of aliphatic hydroxyl groups is 1. The van der Waals surface area contributed by atoms with Crippen molar-refractivity contribution in [2.75, 3.05) is 19.8 Å². The van der Waals surface area contributed by atoms with Gasteiger partial charge in [-0.1, -0.05) is 0 Å². The maximum atomic E-state index is 11.8. The number of carbonyl (C=O) groups excluding carboxylic acids is 1. The molecule has 0 saturated heterocycles. The average molecular weight is 246 g/mol. The molecular formula is C8H13F3O5. The van der Waals surface area contributed by atoms with Gasteiger partial charge in [0.05, 0.1) is 13.0 Å². The minimum atomic E-state index is -4.84. The zero-order valence-electron chi connectivity index (χ0n) is 8.62. The zero-order chi connectivity index (χ0) is 12.6. The number of alkyl halides is 3. The molecule has 0 aliphatic carbocycles. The standard InChI is InChI=1S/C8H13F3O5/c1-2-14-3-4-15-16-7(13)5-6(12)8(9,10)11/h6,12H,2-5H2,1H3/t6-/m1/s1. The van der Waals surface area contributed by atoms with E-state index >= 15 is 0 Å². The number of ether oxygens (including phenoxy) is 1. The van der Waals surface area contributed by atoms with Crippen LogP contribution in [0.5, 0.6) is 0 Å². The quantitative estimate of drug-likeness (QED) is 0.409. The van der Waals surface area contributed by atoms with E-state index in [0.717, 1.165) is 0 Å². The predicted octanol–water partition coefficient (Wildman–Crippen LogP) is 0.811. The van der Waals surface area contributed by atoms with E-state index in [1.54, 1.807) is 6.92 Å². The highest BCUT2D eigenvalue weighted by Crippen LogP contribution is 2.22. The molecule has 0 rings (SSSR count). The number of rotatable bonds is 7. The Hall–Kier alpha value is -0.860. The third-order valence-electron chi connectivity index (χ3n) is 1.40. The molecular weight excluding hydrogens is 233 g/mol. The molecule has 0 aromatic rings. The van der Waals surface area contributed by atoms with Crippen molar-refractivity contribution >= 4 is 5.97 Å². The molecule has 0 amide bonds. The van der Waals surface area contributed by atoms with Gasteiger partial charge in [-0.3, -0.25) is 4.89 Å². The molecule has 0 radical (unpaired) electrons. The molecule has 0 aliphatic heterocycles. The number of hydrogen-bond acceptors (Lipinski definition) is 5. The van der Waals surface area contributed by atoms with E-state index in [2.05, 4.69) is 9.78 Å². The fraction of sp³-hybridized carbons (Fsp3) is 0.875. The summed E-state index contributed by atoms with van der Waals surface area (Å²) in [6, 6.07) is 0. The van der Waals surface area contributed by atoms with Crippen LogP contribution < -0.4 is 0 Å². The van der Waals surface area contributed by atoms with Gasteiger partial charge in [0.2, 0.25) is 0 Å². The van der Waals surface area contributed by atoms with Gasteiger partial charge in [0.25, 0.3) is 0 Å². The topological polar surface area (TPSA) is 65.0 Å². The SMILES string of the molecule is CCOCCOOC(=O)C[C@@H](O)C(F)(F)F. The van der Waals surface area contributed by atoms with Crippen LogP contribution >= 0.6 is 0 Å². The Kier molecular flexibility index (Phi) is 7.02. The van der Waals surface area contributed by atoms with Gasteiger partial charge in [-0.2, -0.15) is 18.1 Å². The Balaban J connectivity index is 3.59. The summed E-state index contributed by atoms with van der Waals surface area (Å²) in [5, 5.41) is 8.49. The Morgan fingerprint density at radius 2 is 2.00 bits per heavy atom. The lowest BCUT2D eigenvalue weighted by atomic mass is 10.2. The predicted molar refractivity (Wildman–Crippen MR) is 45.2 cm³/mol. The molecule has 0 heterocycles. The molecule has 0 spiro atoms. The highest BCUT2D eigenvalue weighted by Gasteiger charge is 2.40. The number of carbonyl (C=O) groups is 1. The van der Waals surface area contributed by atoms with Gasteiger partial charge in [0.15, 0.2) is 6.10 Å². The highest BCUT2D eigenvalue weighted by molar-refractivity contribution is 5.69. The number of halogens is 3. The van der Waals surface area contributed by atoms with Crippen molar-refractivity contribution in [2.45, 2.75) is 25.6 Å². The summed E-state index contributed by atoms with van der Waals surface area (Å²) in [5.41, 5.74) is 0. The molecule has 0 saturated carbocycles. The molecule has 8 heteroatoms. The second-order valence-electron chi connectivity index (χ2n) is 2.74. The van der Waals surface area contributed by atoms with Gasteiger partial charge in [-0.15, -0.1) is 0 Å². The van der Waals surface area contributed by atoms with Gasteiger partial charge in [0.1, 0.15) is 6.61 Å². The van der Waals surface area contributed by atoms with Crippen LogP contribution in [0, 0.1) is 0 Å². The van der Waals surface area contributed by atoms with Crippen LogP contribution in [0.25, 0.3) is 0 Å². The van der Waals surface area contributed by atoms with Gasteiger partial charge < -0.3 is 9.84 Å². The Bertz CT molecular complexity index is 206. The first-order valence-electron chi connectivity index (χ1n) is 4.52. The smallest absolute Gasteiger partial charge is 0.383 e. The fourth-order valence-electron chi connectivity index (χ4n) is 0.652. The van der Waals surface area contributed by atoms with Crippen LogP contribution in [-0.2, 0) is 19.3 Å². The summed E-state index contributed by atoms with van der Waals surface area (Å²) in [6.45, 7) is 2.27. The molecule has 0 fully saturated rings. The van der Waals surface area contributed by atoms with Crippen molar-refractivity contribution in [1.29, 1.82) is 0 Å². The van der Waals surface area contributed by atoms with Crippen LogP contribution in [0.15, 0.2) is 0 Å². The Morgan fingerprint density at radius 3 is 2.50 bits per heavy atom. The minimum absolute atomic E-state index is 0.0817. The molecule has 0 bridgehead atoms. The Labute approximate surface area is 90.0 Å². The maximum absolute atomic E-state index is 11.8. The molecule has 0 aromatic carbocycles. The van der Waals surface area contributed by atoms with Gasteiger partial charge in [-0.05, 0) is 6.92 Å². The van der Waals surface area contributed by atoms with Crippen molar-refractivity contribution in [3.05, 3.63) is 0 Å². The molecule has 0 unspecified atom stereocenters. The van der Waals surface area contributed by atoms with Crippen molar-refractivity contribution in [3.8, 4) is 0 Å². The molecule has 0 aliphatic rings. The summed E-state index contributed by atoms with van der Waals surface area (Å²) in [6.07, 6.45) is -8.78. The number of aliphatic hydroxyl groups excluding tert-OH is 1. The average Bonchev–Trinajstić information content (AvgIpc) is 2.16. The van der Waals surface area contributed by atoms with Crippen LogP contribution in [0.1, 0.15) is 13.3 Å². The summed E-state index contributed by atoms with van der Waals surface area (Å²) < 4.78 is 40.1. The molecule has 1 N–H and O–H groups in total. The first-order valence-corrected chi connectivity index (χ1v) is 4.52. The van der Waals surface area contributed by atoms with Gasteiger partial charge in [0, 0.05) is 6.61 Å². The van der Waals surface area contributed by atoms with E-state index in [1.165, 1.54) is 0 Å². The fourth-order valence-corrected chi connectivity index (χ4v) is 0.652. The monoisotopic (exact) mass is 246 g/mol. The van der Waals surface area contributed by atoms with Crippen molar-refractivity contribution in [2.24, 2.45) is 0 Å². The van der Waals surface area contributed by atoms with E-state index in [-0.39, 0.29) is 13.2 Å². The van der Waals surface area contributed by atoms with E-state index in [9.17, 15) is 18.0 Å². The summed E-state index contributed by atoms with van der Waals surface area (Å²) >= 11 is 0. The van der Waals surface area contributed by atoms with E-state index in [0.29, 0.717) is 6.61 Å². The van der Waals surface area contributed by atoms with Crippen molar-refractivity contribution in [1.82, 2.24) is 0 Å². The van der Waals surface area contributed by atoms with E-state index in [4.69, 9.17) is 9.84 Å². The molecule has 16 heavy (non-hydrogen) atoms. The maximum Gasteiger partial charge on any atom is 0.414 e. The Morgan fingerprint density at radius 1 is 1.38 bits per heavy atom. The summed E-state index contributed by atoms with van der Waals surface area (Å²) in [5.74, 6) is -1.29. The first kappa shape index (κ1) is 15.1. The minimum Gasteiger partial charge on any atom is -0.383 e. The molecule has 0 aromatic heterocycles. The lowest BCUT2D eigenvalue weighted by Gasteiger charge is -2.12. The number of hydrogen-bond donors (Lipinski definition) is 1. The third kappa shape index (κ3) is 7.43. The molecule has 5 nitrogen and oxygen atoms in total. The summed E-state index contributed by atoms with van der Waals surface area (Å²) in [7, 11) is 0.